The van der Waals surface area contributed by atoms with Gasteiger partial charge in [0.05, 0.1) is 5.52 Å². The lowest BCUT2D eigenvalue weighted by molar-refractivity contribution is -0.135. The number of benzene rings is 1. The molecule has 1 fully saturated rings. The predicted molar refractivity (Wildman–Crippen MR) is 86.0 cm³/mol. The summed E-state index contributed by atoms with van der Waals surface area (Å²) in [4.78, 5) is 26.1. The number of esters is 1. The van der Waals surface area contributed by atoms with E-state index in [2.05, 4.69) is 10.2 Å². The van der Waals surface area contributed by atoms with E-state index in [1.54, 1.807) is 18.0 Å². The maximum absolute atomic E-state index is 12.2. The molecule has 6 heteroatoms. The summed E-state index contributed by atoms with van der Waals surface area (Å²) in [5.74, 6) is -0.738. The Hall–Kier alpha value is -2.37. The minimum Gasteiger partial charge on any atom is -0.451 e. The van der Waals surface area contributed by atoms with Gasteiger partial charge in [-0.2, -0.15) is 5.10 Å². The maximum atomic E-state index is 12.2. The highest BCUT2D eigenvalue weighted by Gasteiger charge is 2.23. The number of hydrogen-bond donors (Lipinski definition) is 1. The van der Waals surface area contributed by atoms with Gasteiger partial charge in [0.15, 0.2) is 12.3 Å². The molecule has 1 aromatic heterocycles. The molecule has 0 saturated heterocycles. The van der Waals surface area contributed by atoms with Gasteiger partial charge in [0.2, 0.25) is 0 Å². The molecule has 3 rings (SSSR count). The molecule has 0 atom stereocenters. The summed E-state index contributed by atoms with van der Waals surface area (Å²) in [5.41, 5.74) is 0.985. The molecule has 2 aromatic rings. The van der Waals surface area contributed by atoms with E-state index in [1.807, 2.05) is 18.2 Å². The maximum Gasteiger partial charge on any atom is 0.359 e. The van der Waals surface area contributed by atoms with Gasteiger partial charge in [0, 0.05) is 18.5 Å². The number of likely N-dealkylation sites (N-methyl/N-ethyl adjacent to an activating group) is 1. The van der Waals surface area contributed by atoms with E-state index < -0.39 is 5.97 Å². The van der Waals surface area contributed by atoms with Crippen LogP contribution in [0.3, 0.4) is 0 Å². The smallest absolute Gasteiger partial charge is 0.359 e. The van der Waals surface area contributed by atoms with Crippen LogP contribution in [0.1, 0.15) is 42.6 Å². The number of aromatic amines is 1. The lowest BCUT2D eigenvalue weighted by Crippen LogP contribution is -2.40. The second kappa shape index (κ2) is 6.81. The molecule has 1 heterocycles. The van der Waals surface area contributed by atoms with Gasteiger partial charge in [-0.15, -0.1) is 0 Å². The molecule has 1 aromatic carbocycles. The Bertz CT molecular complexity index is 704. The molecule has 1 aliphatic rings. The standard InChI is InChI=1S/C17H21N3O3/c1-20(12-7-3-2-4-8-12)15(21)11-23-17(22)16-13-9-5-6-10-14(13)18-19-16/h5-6,9-10,12H,2-4,7-8,11H2,1H3,(H,18,19). The van der Waals surface area contributed by atoms with Gasteiger partial charge in [-0.3, -0.25) is 9.89 Å². The summed E-state index contributed by atoms with van der Waals surface area (Å²) in [6, 6.07) is 7.59. The summed E-state index contributed by atoms with van der Waals surface area (Å²) < 4.78 is 5.16. The zero-order valence-electron chi connectivity index (χ0n) is 13.2. The molecular weight excluding hydrogens is 294 g/mol. The molecule has 1 aliphatic carbocycles. The van der Waals surface area contributed by atoms with E-state index in [-0.39, 0.29) is 24.2 Å². The number of para-hydroxylation sites is 1. The number of carbonyl (C=O) groups excluding carboxylic acids is 2. The van der Waals surface area contributed by atoms with Crippen LogP contribution in [0, 0.1) is 0 Å². The molecule has 0 unspecified atom stereocenters. The quantitative estimate of drug-likeness (QED) is 0.880. The Morgan fingerprint density at radius 2 is 2.00 bits per heavy atom. The van der Waals surface area contributed by atoms with Crippen molar-refractivity contribution >= 4 is 22.8 Å². The van der Waals surface area contributed by atoms with Gasteiger partial charge in [-0.05, 0) is 18.9 Å². The molecular formula is C17H21N3O3. The molecule has 0 bridgehead atoms. The first-order valence-electron chi connectivity index (χ1n) is 8.02. The molecule has 0 spiro atoms. The molecule has 1 amide bonds. The van der Waals surface area contributed by atoms with Crippen LogP contribution in [0.5, 0.6) is 0 Å². The van der Waals surface area contributed by atoms with Gasteiger partial charge in [-0.1, -0.05) is 37.5 Å². The summed E-state index contributed by atoms with van der Waals surface area (Å²) in [7, 11) is 1.79. The second-order valence-electron chi connectivity index (χ2n) is 5.99. The van der Waals surface area contributed by atoms with E-state index in [1.165, 1.54) is 6.42 Å². The SMILES string of the molecule is CN(C(=O)COC(=O)c1n[nH]c2ccccc12)C1CCCCC1. The average Bonchev–Trinajstić information content (AvgIpc) is 3.03. The zero-order chi connectivity index (χ0) is 16.2. The van der Waals surface area contributed by atoms with E-state index in [0.29, 0.717) is 5.39 Å². The normalized spacial score (nSPS) is 15.5. The predicted octanol–water partition coefficient (Wildman–Crippen LogP) is 2.51. The second-order valence-corrected chi connectivity index (χ2v) is 5.99. The number of carbonyl (C=O) groups is 2. The fourth-order valence-electron chi connectivity index (χ4n) is 3.09. The van der Waals surface area contributed by atoms with Crippen molar-refractivity contribution in [3.05, 3.63) is 30.0 Å². The van der Waals surface area contributed by atoms with Crippen LogP contribution in [0.25, 0.3) is 10.9 Å². The monoisotopic (exact) mass is 315 g/mol. The molecule has 122 valence electrons. The van der Waals surface area contributed by atoms with E-state index in [0.717, 1.165) is 31.2 Å². The van der Waals surface area contributed by atoms with Crippen LogP contribution in [0.4, 0.5) is 0 Å². The van der Waals surface area contributed by atoms with Gasteiger partial charge >= 0.3 is 5.97 Å². The first kappa shape index (κ1) is 15.5. The number of nitrogens with zero attached hydrogens (tertiary/aromatic N) is 2. The van der Waals surface area contributed by atoms with Gasteiger partial charge < -0.3 is 9.64 Å². The third-order valence-corrected chi connectivity index (χ3v) is 4.51. The number of nitrogens with one attached hydrogen (secondary N) is 1. The number of rotatable bonds is 4. The van der Waals surface area contributed by atoms with Crippen molar-refractivity contribution in [3.8, 4) is 0 Å². The lowest BCUT2D eigenvalue weighted by Gasteiger charge is -2.31. The number of ether oxygens (including phenoxy) is 1. The number of fused-ring (bicyclic) bond motifs is 1. The van der Waals surface area contributed by atoms with Crippen LogP contribution < -0.4 is 0 Å². The highest BCUT2D eigenvalue weighted by atomic mass is 16.5. The van der Waals surface area contributed by atoms with Crippen molar-refractivity contribution in [2.24, 2.45) is 0 Å². The Morgan fingerprint density at radius 1 is 1.26 bits per heavy atom. The lowest BCUT2D eigenvalue weighted by atomic mass is 9.94. The Balaban J connectivity index is 1.59. The average molecular weight is 315 g/mol. The van der Waals surface area contributed by atoms with Gasteiger partial charge in [-0.25, -0.2) is 4.79 Å². The van der Waals surface area contributed by atoms with Crippen LogP contribution in [0.15, 0.2) is 24.3 Å². The fraction of sp³-hybridized carbons (Fsp3) is 0.471. The first-order valence-corrected chi connectivity index (χ1v) is 8.02. The molecule has 6 nitrogen and oxygen atoms in total. The highest BCUT2D eigenvalue weighted by molar-refractivity contribution is 6.02. The Kier molecular flexibility index (Phi) is 4.60. The van der Waals surface area contributed by atoms with Crippen LogP contribution >= 0.6 is 0 Å². The summed E-state index contributed by atoms with van der Waals surface area (Å²) in [6.07, 6.45) is 5.60. The van der Waals surface area contributed by atoms with Crippen molar-refractivity contribution in [1.29, 1.82) is 0 Å². The minimum atomic E-state index is -0.576. The minimum absolute atomic E-state index is 0.162. The molecule has 1 saturated carbocycles. The largest absolute Gasteiger partial charge is 0.451 e. The van der Waals surface area contributed by atoms with E-state index >= 15 is 0 Å². The van der Waals surface area contributed by atoms with Crippen LogP contribution in [-0.4, -0.2) is 46.7 Å². The highest BCUT2D eigenvalue weighted by Crippen LogP contribution is 2.22. The van der Waals surface area contributed by atoms with E-state index in [9.17, 15) is 9.59 Å². The number of hydrogen-bond acceptors (Lipinski definition) is 4. The van der Waals surface area contributed by atoms with Crippen LogP contribution in [-0.2, 0) is 9.53 Å². The number of H-pyrrole nitrogens is 1. The zero-order valence-corrected chi connectivity index (χ0v) is 13.2. The van der Waals surface area contributed by atoms with Gasteiger partial charge in [0.1, 0.15) is 0 Å². The molecule has 1 N–H and O–H groups in total. The summed E-state index contributed by atoms with van der Waals surface area (Å²) in [6.45, 7) is -0.243. The third kappa shape index (κ3) is 3.36. The molecule has 23 heavy (non-hydrogen) atoms. The van der Waals surface area contributed by atoms with Crippen molar-refractivity contribution in [2.75, 3.05) is 13.7 Å². The van der Waals surface area contributed by atoms with Gasteiger partial charge in [0.25, 0.3) is 5.91 Å². The van der Waals surface area contributed by atoms with Crippen molar-refractivity contribution in [3.63, 3.8) is 0 Å². The summed E-state index contributed by atoms with van der Waals surface area (Å²) in [5, 5.41) is 7.47. The fourth-order valence-corrected chi connectivity index (χ4v) is 3.09. The molecule has 0 radical (unpaired) electrons. The third-order valence-electron chi connectivity index (χ3n) is 4.51. The first-order chi connectivity index (χ1) is 11.2. The van der Waals surface area contributed by atoms with Crippen LogP contribution in [0.2, 0.25) is 0 Å². The topological polar surface area (TPSA) is 75.3 Å². The molecule has 0 aliphatic heterocycles. The Labute approximate surface area is 134 Å². The number of amides is 1. The van der Waals surface area contributed by atoms with Crippen molar-refractivity contribution in [2.45, 2.75) is 38.1 Å². The van der Waals surface area contributed by atoms with E-state index in [4.69, 9.17) is 4.74 Å². The number of aromatic nitrogens is 2. The summed E-state index contributed by atoms with van der Waals surface area (Å²) >= 11 is 0. The van der Waals surface area contributed by atoms with Crippen molar-refractivity contribution in [1.82, 2.24) is 15.1 Å². The Morgan fingerprint density at radius 3 is 2.78 bits per heavy atom. The van der Waals surface area contributed by atoms with Crippen molar-refractivity contribution < 1.29 is 14.3 Å².